The molecule has 0 radical (unpaired) electrons. The fourth-order valence-electron chi connectivity index (χ4n) is 4.71. The van der Waals surface area contributed by atoms with Gasteiger partial charge >= 0.3 is 6.18 Å². The van der Waals surface area contributed by atoms with Gasteiger partial charge in [-0.1, -0.05) is 6.42 Å². The maximum absolute atomic E-state index is 13.4. The molecule has 34 heavy (non-hydrogen) atoms. The molecule has 0 aromatic carbocycles. The van der Waals surface area contributed by atoms with E-state index in [0.29, 0.717) is 22.7 Å². The lowest BCUT2D eigenvalue weighted by Gasteiger charge is -2.39. The summed E-state index contributed by atoms with van der Waals surface area (Å²) in [6.45, 7) is -0.0336. The minimum Gasteiger partial charge on any atom is -0.438 e. The van der Waals surface area contributed by atoms with Gasteiger partial charge in [-0.15, -0.1) is 0 Å². The first-order valence-electron chi connectivity index (χ1n) is 11.2. The zero-order valence-electron chi connectivity index (χ0n) is 18.3. The van der Waals surface area contributed by atoms with Crippen LogP contribution in [0.3, 0.4) is 0 Å². The van der Waals surface area contributed by atoms with Gasteiger partial charge < -0.3 is 26.1 Å². The van der Waals surface area contributed by atoms with Crippen molar-refractivity contribution in [1.29, 1.82) is 0 Å². The fraction of sp³-hybridized carbons (Fsp3) is 0.435. The smallest absolute Gasteiger partial charge is 0.393 e. The Morgan fingerprint density at radius 2 is 2.03 bits per heavy atom. The number of aromatic nitrogens is 2. The van der Waals surface area contributed by atoms with E-state index in [0.717, 1.165) is 18.4 Å². The van der Waals surface area contributed by atoms with Crippen LogP contribution in [0.5, 0.6) is 0 Å². The van der Waals surface area contributed by atoms with Gasteiger partial charge in [0.15, 0.2) is 5.58 Å². The van der Waals surface area contributed by atoms with Crippen molar-refractivity contribution in [3.05, 3.63) is 41.9 Å². The van der Waals surface area contributed by atoms with E-state index in [1.165, 1.54) is 23.7 Å². The minimum absolute atomic E-state index is 0.0756. The quantitative estimate of drug-likeness (QED) is 0.521. The van der Waals surface area contributed by atoms with E-state index < -0.39 is 24.0 Å². The van der Waals surface area contributed by atoms with Crippen molar-refractivity contribution in [2.75, 3.05) is 29.0 Å². The molecule has 0 unspecified atom stereocenters. The second-order valence-electron chi connectivity index (χ2n) is 9.07. The maximum atomic E-state index is 13.4. The second-order valence-corrected chi connectivity index (χ2v) is 9.07. The number of halogens is 3. The molecule has 1 aliphatic carbocycles. The summed E-state index contributed by atoms with van der Waals surface area (Å²) in [4.78, 5) is 23.2. The summed E-state index contributed by atoms with van der Waals surface area (Å²) in [6, 6.07) is 2.77. The Morgan fingerprint density at radius 3 is 2.74 bits per heavy atom. The molecule has 1 amide bonds. The van der Waals surface area contributed by atoms with Crippen LogP contribution in [0.15, 0.2) is 35.1 Å². The molecule has 2 fully saturated rings. The van der Waals surface area contributed by atoms with Crippen LogP contribution >= 0.6 is 0 Å². The SMILES string of the molecule is Nc1oc2cc(C3CCC3)cnc2c1C(=O)Nc1cnccc1N1C[C@@H](N)C[C@@H](C(F)(F)F)C1. The molecule has 8 nitrogen and oxygen atoms in total. The summed E-state index contributed by atoms with van der Waals surface area (Å²) in [5.41, 5.74) is 14.5. The van der Waals surface area contributed by atoms with Gasteiger partial charge in [-0.25, -0.2) is 0 Å². The molecule has 2 atom stereocenters. The van der Waals surface area contributed by atoms with E-state index in [4.69, 9.17) is 15.9 Å². The number of anilines is 3. The predicted octanol–water partition coefficient (Wildman–Crippen LogP) is 4.04. The van der Waals surface area contributed by atoms with Gasteiger partial charge in [-0.3, -0.25) is 14.8 Å². The highest BCUT2D eigenvalue weighted by Gasteiger charge is 2.44. The molecular weight excluding hydrogens is 449 g/mol. The van der Waals surface area contributed by atoms with Gasteiger partial charge in [0.1, 0.15) is 11.1 Å². The van der Waals surface area contributed by atoms with Crippen molar-refractivity contribution >= 4 is 34.3 Å². The van der Waals surface area contributed by atoms with E-state index in [1.807, 2.05) is 6.07 Å². The van der Waals surface area contributed by atoms with Crippen LogP contribution in [0.2, 0.25) is 0 Å². The van der Waals surface area contributed by atoms with Crippen molar-refractivity contribution in [3.63, 3.8) is 0 Å². The normalized spacial score (nSPS) is 21.5. The molecule has 4 heterocycles. The third-order valence-corrected chi connectivity index (χ3v) is 6.71. The van der Waals surface area contributed by atoms with Gasteiger partial charge in [-0.2, -0.15) is 13.2 Å². The molecular formula is C23H25F3N6O2. The molecule has 5 rings (SSSR count). The lowest BCUT2D eigenvalue weighted by molar-refractivity contribution is -0.177. The van der Waals surface area contributed by atoms with E-state index in [2.05, 4.69) is 15.3 Å². The first-order valence-corrected chi connectivity index (χ1v) is 11.2. The monoisotopic (exact) mass is 474 g/mol. The van der Waals surface area contributed by atoms with Gasteiger partial charge in [-0.05, 0) is 42.9 Å². The number of rotatable bonds is 4. The molecule has 3 aromatic heterocycles. The van der Waals surface area contributed by atoms with Crippen LogP contribution in [0, 0.1) is 5.92 Å². The highest BCUT2D eigenvalue weighted by molar-refractivity contribution is 6.15. The topological polar surface area (TPSA) is 123 Å². The number of pyridine rings is 2. The van der Waals surface area contributed by atoms with E-state index in [-0.39, 0.29) is 36.6 Å². The molecule has 0 bridgehead atoms. The first-order chi connectivity index (χ1) is 16.2. The predicted molar refractivity (Wildman–Crippen MR) is 122 cm³/mol. The van der Waals surface area contributed by atoms with Gasteiger partial charge in [0.05, 0.1) is 23.5 Å². The number of carbonyl (C=O) groups excluding carboxylic acids is 1. The molecule has 11 heteroatoms. The number of nitrogens with two attached hydrogens (primary N) is 2. The zero-order valence-corrected chi connectivity index (χ0v) is 18.3. The number of nitrogens with one attached hydrogen (secondary N) is 1. The second kappa shape index (κ2) is 8.46. The molecule has 5 N–H and O–H groups in total. The minimum atomic E-state index is -4.36. The van der Waals surface area contributed by atoms with Crippen LogP contribution in [0.25, 0.3) is 11.1 Å². The average molecular weight is 474 g/mol. The lowest BCUT2D eigenvalue weighted by atomic mass is 9.81. The van der Waals surface area contributed by atoms with Crippen LogP contribution in [0.1, 0.15) is 47.5 Å². The van der Waals surface area contributed by atoms with Gasteiger partial charge in [0, 0.05) is 31.5 Å². The first kappa shape index (κ1) is 22.5. The number of nitrogen functional groups attached to an aromatic ring is 1. The van der Waals surface area contributed by atoms with E-state index in [9.17, 15) is 18.0 Å². The molecule has 1 saturated heterocycles. The van der Waals surface area contributed by atoms with Crippen molar-refractivity contribution in [3.8, 4) is 0 Å². The highest BCUT2D eigenvalue weighted by Crippen LogP contribution is 2.39. The Morgan fingerprint density at radius 1 is 1.24 bits per heavy atom. The summed E-state index contributed by atoms with van der Waals surface area (Å²) in [6.07, 6.45) is 3.44. The van der Waals surface area contributed by atoms with Gasteiger partial charge in [0.25, 0.3) is 5.91 Å². The standard InChI is InChI=1S/C23H25F3N6O2/c24-23(25,26)14-7-15(27)11-32(10-14)17-4-5-29-9-16(17)31-22(33)19-20-18(34-21(19)28)6-13(8-30-20)12-2-1-3-12/h4-6,8-9,12,14-15H,1-3,7,10-11,27-28H2,(H,31,33)/t14-,15+/m1/s1. The van der Waals surface area contributed by atoms with Gasteiger partial charge in [0.2, 0.25) is 5.88 Å². The van der Waals surface area contributed by atoms with Crippen molar-refractivity contribution in [1.82, 2.24) is 9.97 Å². The number of nitrogens with zero attached hydrogens (tertiary/aromatic N) is 3. The van der Waals surface area contributed by atoms with E-state index >= 15 is 0 Å². The fourth-order valence-corrected chi connectivity index (χ4v) is 4.71. The summed E-state index contributed by atoms with van der Waals surface area (Å²) in [7, 11) is 0. The Balaban J connectivity index is 1.42. The average Bonchev–Trinajstić information content (AvgIpc) is 3.07. The Bertz CT molecular complexity index is 1220. The van der Waals surface area contributed by atoms with Crippen molar-refractivity contribution in [2.24, 2.45) is 11.7 Å². The Hall–Kier alpha value is -3.34. The highest BCUT2D eigenvalue weighted by atomic mass is 19.4. The number of hydrogen-bond acceptors (Lipinski definition) is 7. The largest absolute Gasteiger partial charge is 0.438 e. The third-order valence-electron chi connectivity index (χ3n) is 6.71. The number of amides is 1. The molecule has 3 aromatic rings. The Labute approximate surface area is 193 Å². The number of fused-ring (bicyclic) bond motifs is 1. The van der Waals surface area contributed by atoms with Crippen LogP contribution in [0.4, 0.5) is 30.4 Å². The van der Waals surface area contributed by atoms with Crippen LogP contribution in [-0.2, 0) is 0 Å². The molecule has 1 aliphatic heterocycles. The molecule has 2 aliphatic rings. The van der Waals surface area contributed by atoms with Crippen LogP contribution < -0.4 is 21.7 Å². The number of furan rings is 1. The number of alkyl halides is 3. The number of hydrogen-bond donors (Lipinski definition) is 3. The number of carbonyl (C=O) groups is 1. The third kappa shape index (κ3) is 4.15. The summed E-state index contributed by atoms with van der Waals surface area (Å²) in [5, 5.41) is 2.73. The summed E-state index contributed by atoms with van der Waals surface area (Å²) >= 11 is 0. The van der Waals surface area contributed by atoms with Crippen molar-refractivity contribution in [2.45, 2.75) is 43.8 Å². The van der Waals surface area contributed by atoms with Crippen LogP contribution in [-0.4, -0.2) is 41.2 Å². The maximum Gasteiger partial charge on any atom is 0.393 e. The molecule has 180 valence electrons. The van der Waals surface area contributed by atoms with E-state index in [1.54, 1.807) is 12.3 Å². The summed E-state index contributed by atoms with van der Waals surface area (Å²) < 4.78 is 45.8. The number of piperidine rings is 1. The van der Waals surface area contributed by atoms with Crippen molar-refractivity contribution < 1.29 is 22.4 Å². The summed E-state index contributed by atoms with van der Waals surface area (Å²) in [5.74, 6) is -1.78. The molecule has 0 spiro atoms. The Kier molecular flexibility index (Phi) is 5.59. The molecule has 1 saturated carbocycles. The zero-order chi connectivity index (χ0) is 24.0. The lowest BCUT2D eigenvalue weighted by Crippen LogP contribution is -2.51.